The first kappa shape index (κ1) is 21.6. The summed E-state index contributed by atoms with van der Waals surface area (Å²) in [5, 5.41) is 7.27. The SMILES string of the molecule is CC(=O)N1CC(C)(C)c2ccc(NC(=O)c3cccnc3NCc3ccnc4[nH]ccc34)cc21. The van der Waals surface area contributed by atoms with E-state index in [0.29, 0.717) is 30.2 Å². The van der Waals surface area contributed by atoms with Crippen LogP contribution in [-0.2, 0) is 16.8 Å². The van der Waals surface area contributed by atoms with Crippen LogP contribution in [0, 0.1) is 0 Å². The van der Waals surface area contributed by atoms with Gasteiger partial charge in [0.1, 0.15) is 11.5 Å². The van der Waals surface area contributed by atoms with Crippen LogP contribution < -0.4 is 15.5 Å². The Bertz CT molecular complexity index is 1410. The molecule has 4 heterocycles. The van der Waals surface area contributed by atoms with E-state index in [1.54, 1.807) is 36.4 Å². The van der Waals surface area contributed by atoms with Crippen molar-refractivity contribution in [1.82, 2.24) is 15.0 Å². The zero-order chi connectivity index (χ0) is 23.9. The van der Waals surface area contributed by atoms with Gasteiger partial charge < -0.3 is 20.5 Å². The minimum atomic E-state index is -0.274. The number of aromatic amines is 1. The molecular weight excluding hydrogens is 428 g/mol. The van der Waals surface area contributed by atoms with Gasteiger partial charge >= 0.3 is 0 Å². The molecule has 0 radical (unpaired) electrons. The van der Waals surface area contributed by atoms with Crippen LogP contribution in [0.5, 0.6) is 0 Å². The van der Waals surface area contributed by atoms with E-state index in [-0.39, 0.29) is 17.2 Å². The molecule has 8 nitrogen and oxygen atoms in total. The summed E-state index contributed by atoms with van der Waals surface area (Å²) in [6.45, 7) is 6.91. The van der Waals surface area contributed by atoms with Crippen LogP contribution in [0.2, 0.25) is 0 Å². The maximum atomic E-state index is 13.2. The molecule has 1 aliphatic rings. The summed E-state index contributed by atoms with van der Waals surface area (Å²) < 4.78 is 0. The van der Waals surface area contributed by atoms with Crippen molar-refractivity contribution in [2.45, 2.75) is 32.7 Å². The van der Waals surface area contributed by atoms with Gasteiger partial charge in [-0.25, -0.2) is 9.97 Å². The number of hydrogen-bond acceptors (Lipinski definition) is 5. The molecule has 2 amide bonds. The lowest BCUT2D eigenvalue weighted by molar-refractivity contribution is -0.116. The van der Waals surface area contributed by atoms with Crippen molar-refractivity contribution < 1.29 is 9.59 Å². The lowest BCUT2D eigenvalue weighted by atomic mass is 9.87. The van der Waals surface area contributed by atoms with Gasteiger partial charge in [-0.1, -0.05) is 19.9 Å². The number of fused-ring (bicyclic) bond motifs is 2. The topological polar surface area (TPSA) is 103 Å². The highest BCUT2D eigenvalue weighted by molar-refractivity contribution is 6.08. The molecule has 0 saturated carbocycles. The molecule has 5 rings (SSSR count). The summed E-state index contributed by atoms with van der Waals surface area (Å²) in [6.07, 6.45) is 5.26. The second-order valence-corrected chi connectivity index (χ2v) is 9.14. The predicted molar refractivity (Wildman–Crippen MR) is 133 cm³/mol. The monoisotopic (exact) mass is 454 g/mol. The Kier molecular flexibility index (Phi) is 5.28. The molecule has 34 heavy (non-hydrogen) atoms. The van der Waals surface area contributed by atoms with E-state index in [9.17, 15) is 9.59 Å². The van der Waals surface area contributed by atoms with E-state index >= 15 is 0 Å². The molecule has 172 valence electrons. The Hall–Kier alpha value is -4.20. The number of benzene rings is 1. The molecule has 3 aromatic heterocycles. The van der Waals surface area contributed by atoms with Crippen LogP contribution in [0.15, 0.2) is 61.1 Å². The minimum Gasteiger partial charge on any atom is -0.365 e. The predicted octanol–water partition coefficient (Wildman–Crippen LogP) is 4.47. The summed E-state index contributed by atoms with van der Waals surface area (Å²) in [5.41, 5.74) is 4.73. The van der Waals surface area contributed by atoms with Crippen molar-refractivity contribution in [3.8, 4) is 0 Å². The second-order valence-electron chi connectivity index (χ2n) is 9.14. The van der Waals surface area contributed by atoms with Gasteiger partial charge in [-0.15, -0.1) is 0 Å². The van der Waals surface area contributed by atoms with Gasteiger partial charge in [0.25, 0.3) is 5.91 Å². The smallest absolute Gasteiger partial charge is 0.259 e. The molecule has 8 heteroatoms. The molecule has 3 N–H and O–H groups in total. The fraction of sp³-hybridized carbons (Fsp3) is 0.231. The number of aromatic nitrogens is 3. The van der Waals surface area contributed by atoms with Crippen molar-refractivity contribution in [1.29, 1.82) is 0 Å². The lowest BCUT2D eigenvalue weighted by Crippen LogP contribution is -2.32. The summed E-state index contributed by atoms with van der Waals surface area (Å²) in [5.74, 6) is 0.207. The average Bonchev–Trinajstić information content (AvgIpc) is 3.40. The third kappa shape index (κ3) is 3.87. The number of carbonyl (C=O) groups is 2. The molecular formula is C26H26N6O2. The minimum absolute atomic E-state index is 0.0123. The van der Waals surface area contributed by atoms with Gasteiger partial charge in [0.15, 0.2) is 0 Å². The van der Waals surface area contributed by atoms with Gasteiger partial charge in [-0.3, -0.25) is 9.59 Å². The summed E-state index contributed by atoms with van der Waals surface area (Å²) >= 11 is 0. The molecule has 0 saturated heterocycles. The number of nitrogens with one attached hydrogen (secondary N) is 3. The largest absolute Gasteiger partial charge is 0.365 e. The van der Waals surface area contributed by atoms with Gasteiger partial charge in [0, 0.05) is 60.8 Å². The molecule has 0 atom stereocenters. The quantitative estimate of drug-likeness (QED) is 0.413. The van der Waals surface area contributed by atoms with E-state index in [0.717, 1.165) is 27.8 Å². The Labute approximate surface area is 197 Å². The number of rotatable bonds is 5. The molecule has 0 bridgehead atoms. The molecule has 1 aliphatic heterocycles. The van der Waals surface area contributed by atoms with E-state index in [4.69, 9.17) is 0 Å². The third-order valence-corrected chi connectivity index (χ3v) is 6.26. The number of nitrogens with zero attached hydrogens (tertiary/aromatic N) is 3. The van der Waals surface area contributed by atoms with Crippen LogP contribution in [0.1, 0.15) is 42.3 Å². The van der Waals surface area contributed by atoms with Gasteiger partial charge in [-0.2, -0.15) is 0 Å². The lowest BCUT2D eigenvalue weighted by Gasteiger charge is -2.19. The van der Waals surface area contributed by atoms with Crippen LogP contribution in [-0.4, -0.2) is 33.3 Å². The number of amides is 2. The molecule has 0 aliphatic carbocycles. The first-order valence-electron chi connectivity index (χ1n) is 11.2. The Morgan fingerprint density at radius 1 is 1.12 bits per heavy atom. The normalized spacial score (nSPS) is 14.1. The Morgan fingerprint density at radius 3 is 2.79 bits per heavy atom. The summed E-state index contributed by atoms with van der Waals surface area (Å²) in [6, 6.07) is 13.1. The van der Waals surface area contributed by atoms with Crippen LogP contribution >= 0.6 is 0 Å². The molecule has 0 fully saturated rings. The van der Waals surface area contributed by atoms with Gasteiger partial charge in [0.2, 0.25) is 5.91 Å². The maximum absolute atomic E-state index is 13.2. The van der Waals surface area contributed by atoms with Crippen molar-refractivity contribution in [2.24, 2.45) is 0 Å². The van der Waals surface area contributed by atoms with Crippen molar-refractivity contribution in [3.63, 3.8) is 0 Å². The van der Waals surface area contributed by atoms with Crippen molar-refractivity contribution in [2.75, 3.05) is 22.1 Å². The summed E-state index contributed by atoms with van der Waals surface area (Å²) in [7, 11) is 0. The fourth-order valence-corrected chi connectivity index (χ4v) is 4.53. The van der Waals surface area contributed by atoms with Gasteiger partial charge in [0.05, 0.1) is 5.56 Å². The number of pyridine rings is 2. The number of H-pyrrole nitrogens is 1. The third-order valence-electron chi connectivity index (χ3n) is 6.26. The van der Waals surface area contributed by atoms with Crippen molar-refractivity contribution in [3.05, 3.63) is 77.7 Å². The maximum Gasteiger partial charge on any atom is 0.259 e. The number of anilines is 3. The molecule has 4 aromatic rings. The Balaban J connectivity index is 1.37. The first-order chi connectivity index (χ1) is 16.3. The second kappa shape index (κ2) is 8.30. The van der Waals surface area contributed by atoms with Crippen LogP contribution in [0.3, 0.4) is 0 Å². The average molecular weight is 455 g/mol. The van der Waals surface area contributed by atoms with Crippen molar-refractivity contribution >= 4 is 40.0 Å². The summed E-state index contributed by atoms with van der Waals surface area (Å²) in [4.78, 5) is 38.9. The number of carbonyl (C=O) groups excluding carboxylic acids is 2. The Morgan fingerprint density at radius 2 is 1.97 bits per heavy atom. The van der Waals surface area contributed by atoms with E-state index < -0.39 is 0 Å². The van der Waals surface area contributed by atoms with E-state index in [1.165, 1.54) is 0 Å². The molecule has 0 spiro atoms. The fourth-order valence-electron chi connectivity index (χ4n) is 4.53. The van der Waals surface area contributed by atoms with E-state index in [1.807, 2.05) is 36.5 Å². The molecule has 0 unspecified atom stereocenters. The van der Waals surface area contributed by atoms with E-state index in [2.05, 4.69) is 39.4 Å². The molecule has 1 aromatic carbocycles. The highest BCUT2D eigenvalue weighted by atomic mass is 16.2. The standard InChI is InChI=1S/C26H26N6O2/c1-16(33)32-15-26(2,3)21-7-6-18(13-22(21)32)31-25(34)20-5-4-10-27-24(20)30-14-17-8-11-28-23-19(17)9-12-29-23/h4-13H,14-15H2,1-3H3,(H,27,30)(H,28,29)(H,31,34). The zero-order valence-electron chi connectivity index (χ0n) is 19.3. The van der Waals surface area contributed by atoms with Gasteiger partial charge in [-0.05, 0) is 47.5 Å². The van der Waals surface area contributed by atoms with Crippen LogP contribution in [0.25, 0.3) is 11.0 Å². The number of hydrogen-bond donors (Lipinski definition) is 3. The van der Waals surface area contributed by atoms with Crippen LogP contribution in [0.4, 0.5) is 17.2 Å². The zero-order valence-corrected chi connectivity index (χ0v) is 19.3. The first-order valence-corrected chi connectivity index (χ1v) is 11.2. The highest BCUT2D eigenvalue weighted by Gasteiger charge is 2.37. The highest BCUT2D eigenvalue weighted by Crippen LogP contribution is 2.41.